The van der Waals surface area contributed by atoms with E-state index in [1.807, 2.05) is 31.2 Å². The second-order valence-electron chi connectivity index (χ2n) is 5.13. The standard InChI is InChI=1S/C15H18N4O3/c1-11-2-4-12(5-3-11)14-18-17-13(22-14)10-16-15(20)19-6-8-21-9-7-19/h2-5H,6-10H2,1H3,(H,16,20). The van der Waals surface area contributed by atoms with Crippen LogP contribution >= 0.6 is 0 Å². The lowest BCUT2D eigenvalue weighted by Crippen LogP contribution is -2.45. The number of nitrogens with one attached hydrogen (secondary N) is 1. The molecule has 1 aromatic carbocycles. The van der Waals surface area contributed by atoms with Gasteiger partial charge in [-0.15, -0.1) is 10.2 Å². The van der Waals surface area contributed by atoms with Gasteiger partial charge in [0, 0.05) is 18.7 Å². The van der Waals surface area contributed by atoms with Crippen LogP contribution in [0.2, 0.25) is 0 Å². The molecule has 2 heterocycles. The normalized spacial score (nSPS) is 14.9. The third-order valence-corrected chi connectivity index (χ3v) is 3.45. The molecule has 2 amide bonds. The Balaban J connectivity index is 1.57. The zero-order valence-electron chi connectivity index (χ0n) is 12.4. The van der Waals surface area contributed by atoms with Gasteiger partial charge in [-0.2, -0.15) is 0 Å². The largest absolute Gasteiger partial charge is 0.419 e. The van der Waals surface area contributed by atoms with E-state index in [2.05, 4.69) is 15.5 Å². The first-order chi connectivity index (χ1) is 10.7. The van der Waals surface area contributed by atoms with Crippen LogP contribution in [0, 0.1) is 6.92 Å². The molecule has 1 N–H and O–H groups in total. The van der Waals surface area contributed by atoms with Crippen molar-refractivity contribution in [1.82, 2.24) is 20.4 Å². The van der Waals surface area contributed by atoms with Crippen molar-refractivity contribution in [2.45, 2.75) is 13.5 Å². The van der Waals surface area contributed by atoms with Gasteiger partial charge in [0.25, 0.3) is 0 Å². The maximum Gasteiger partial charge on any atom is 0.317 e. The quantitative estimate of drug-likeness (QED) is 0.931. The fourth-order valence-electron chi connectivity index (χ4n) is 2.17. The van der Waals surface area contributed by atoms with Gasteiger partial charge in [-0.25, -0.2) is 4.79 Å². The van der Waals surface area contributed by atoms with Crippen LogP contribution in [0.25, 0.3) is 11.5 Å². The summed E-state index contributed by atoms with van der Waals surface area (Å²) in [5.74, 6) is 0.841. The number of carbonyl (C=O) groups is 1. The number of morpholine rings is 1. The molecule has 3 rings (SSSR count). The van der Waals surface area contributed by atoms with Crippen LogP contribution in [0.1, 0.15) is 11.5 Å². The molecule has 0 bridgehead atoms. The maximum absolute atomic E-state index is 12.0. The summed E-state index contributed by atoms with van der Waals surface area (Å²) in [7, 11) is 0. The molecule has 1 aliphatic rings. The molecule has 116 valence electrons. The molecule has 0 radical (unpaired) electrons. The maximum atomic E-state index is 12.0. The lowest BCUT2D eigenvalue weighted by atomic mass is 10.1. The highest BCUT2D eigenvalue weighted by atomic mass is 16.5. The van der Waals surface area contributed by atoms with Crippen LogP contribution < -0.4 is 5.32 Å². The number of nitrogens with zero attached hydrogens (tertiary/aromatic N) is 3. The highest BCUT2D eigenvalue weighted by molar-refractivity contribution is 5.74. The number of aromatic nitrogens is 2. The van der Waals surface area contributed by atoms with E-state index in [-0.39, 0.29) is 12.6 Å². The van der Waals surface area contributed by atoms with Crippen molar-refractivity contribution in [3.63, 3.8) is 0 Å². The van der Waals surface area contributed by atoms with Crippen molar-refractivity contribution in [2.75, 3.05) is 26.3 Å². The van der Waals surface area contributed by atoms with Gasteiger partial charge in [0.05, 0.1) is 19.8 Å². The first kappa shape index (κ1) is 14.5. The van der Waals surface area contributed by atoms with Crippen LogP contribution in [0.5, 0.6) is 0 Å². The fraction of sp³-hybridized carbons (Fsp3) is 0.400. The van der Waals surface area contributed by atoms with Crippen molar-refractivity contribution in [3.05, 3.63) is 35.7 Å². The van der Waals surface area contributed by atoms with E-state index in [0.29, 0.717) is 38.1 Å². The molecule has 1 fully saturated rings. The van der Waals surface area contributed by atoms with Crippen molar-refractivity contribution >= 4 is 6.03 Å². The molecule has 1 saturated heterocycles. The highest BCUT2D eigenvalue weighted by Gasteiger charge is 2.17. The molecule has 1 aliphatic heterocycles. The van der Waals surface area contributed by atoms with E-state index in [1.54, 1.807) is 4.90 Å². The molecular formula is C15H18N4O3. The summed E-state index contributed by atoms with van der Waals surface area (Å²) in [6, 6.07) is 7.69. The molecule has 0 spiro atoms. The van der Waals surface area contributed by atoms with Gasteiger partial charge in [-0.05, 0) is 19.1 Å². The Hall–Kier alpha value is -2.41. The van der Waals surface area contributed by atoms with Gasteiger partial charge < -0.3 is 19.4 Å². The second-order valence-corrected chi connectivity index (χ2v) is 5.13. The molecule has 0 atom stereocenters. The van der Waals surface area contributed by atoms with Gasteiger partial charge in [0.15, 0.2) is 0 Å². The number of hydrogen-bond acceptors (Lipinski definition) is 5. The summed E-state index contributed by atoms with van der Waals surface area (Å²) in [6.07, 6.45) is 0. The number of hydrogen-bond donors (Lipinski definition) is 1. The van der Waals surface area contributed by atoms with Crippen LogP contribution in [0.4, 0.5) is 4.79 Å². The Labute approximate surface area is 128 Å². The van der Waals surface area contributed by atoms with Crippen molar-refractivity contribution in [2.24, 2.45) is 0 Å². The van der Waals surface area contributed by atoms with E-state index in [9.17, 15) is 4.79 Å². The lowest BCUT2D eigenvalue weighted by Gasteiger charge is -2.26. The molecule has 0 unspecified atom stereocenters. The van der Waals surface area contributed by atoms with Crippen LogP contribution in [0.15, 0.2) is 28.7 Å². The predicted molar refractivity (Wildman–Crippen MR) is 79.1 cm³/mol. The molecule has 22 heavy (non-hydrogen) atoms. The number of rotatable bonds is 3. The Morgan fingerprint density at radius 1 is 1.23 bits per heavy atom. The number of amides is 2. The predicted octanol–water partition coefficient (Wildman–Crippen LogP) is 1.59. The van der Waals surface area contributed by atoms with Gasteiger partial charge in [0.2, 0.25) is 11.8 Å². The van der Waals surface area contributed by atoms with Gasteiger partial charge in [-0.3, -0.25) is 0 Å². The number of carbonyl (C=O) groups excluding carboxylic acids is 1. The average Bonchev–Trinajstić information content (AvgIpc) is 3.03. The van der Waals surface area contributed by atoms with E-state index < -0.39 is 0 Å². The zero-order chi connectivity index (χ0) is 15.4. The highest BCUT2D eigenvalue weighted by Crippen LogP contribution is 2.18. The minimum Gasteiger partial charge on any atom is -0.419 e. The van der Waals surface area contributed by atoms with Gasteiger partial charge in [-0.1, -0.05) is 17.7 Å². The van der Waals surface area contributed by atoms with Crippen LogP contribution in [-0.4, -0.2) is 47.4 Å². The fourth-order valence-corrected chi connectivity index (χ4v) is 2.17. The number of aryl methyl sites for hydroxylation is 1. The molecule has 0 saturated carbocycles. The minimum absolute atomic E-state index is 0.140. The molecule has 7 nitrogen and oxygen atoms in total. The third-order valence-electron chi connectivity index (χ3n) is 3.45. The summed E-state index contributed by atoms with van der Waals surface area (Å²) in [5, 5.41) is 10.7. The monoisotopic (exact) mass is 302 g/mol. The molecular weight excluding hydrogens is 284 g/mol. The average molecular weight is 302 g/mol. The van der Waals surface area contributed by atoms with Gasteiger partial charge >= 0.3 is 6.03 Å². The minimum atomic E-state index is -0.140. The van der Waals surface area contributed by atoms with E-state index >= 15 is 0 Å². The topological polar surface area (TPSA) is 80.5 Å². The Bertz CT molecular complexity index is 632. The number of benzene rings is 1. The number of ether oxygens (including phenoxy) is 1. The summed E-state index contributed by atoms with van der Waals surface area (Å²) in [6.45, 7) is 4.59. The Morgan fingerprint density at radius 3 is 2.68 bits per heavy atom. The summed E-state index contributed by atoms with van der Waals surface area (Å²) >= 11 is 0. The zero-order valence-corrected chi connectivity index (χ0v) is 12.4. The summed E-state index contributed by atoms with van der Waals surface area (Å²) in [5.41, 5.74) is 2.03. The van der Waals surface area contributed by atoms with E-state index in [1.165, 1.54) is 5.56 Å². The number of urea groups is 1. The molecule has 1 aromatic heterocycles. The molecule has 7 heteroatoms. The molecule has 0 aliphatic carbocycles. The van der Waals surface area contributed by atoms with Gasteiger partial charge in [0.1, 0.15) is 0 Å². The van der Waals surface area contributed by atoms with E-state index in [0.717, 1.165) is 5.56 Å². The SMILES string of the molecule is Cc1ccc(-c2nnc(CNC(=O)N3CCOCC3)o2)cc1. The Morgan fingerprint density at radius 2 is 1.95 bits per heavy atom. The Kier molecular flexibility index (Phi) is 4.34. The second kappa shape index (κ2) is 6.57. The van der Waals surface area contributed by atoms with Crippen molar-refractivity contribution < 1.29 is 13.9 Å². The van der Waals surface area contributed by atoms with E-state index in [4.69, 9.17) is 9.15 Å². The summed E-state index contributed by atoms with van der Waals surface area (Å²) in [4.78, 5) is 13.7. The summed E-state index contributed by atoms with van der Waals surface area (Å²) < 4.78 is 10.8. The van der Waals surface area contributed by atoms with Crippen molar-refractivity contribution in [3.8, 4) is 11.5 Å². The lowest BCUT2D eigenvalue weighted by molar-refractivity contribution is 0.0530. The first-order valence-corrected chi connectivity index (χ1v) is 7.22. The van der Waals surface area contributed by atoms with Crippen molar-refractivity contribution in [1.29, 1.82) is 0 Å². The first-order valence-electron chi connectivity index (χ1n) is 7.22. The molecule has 2 aromatic rings. The van der Waals surface area contributed by atoms with Crippen LogP contribution in [-0.2, 0) is 11.3 Å². The third kappa shape index (κ3) is 3.43. The smallest absolute Gasteiger partial charge is 0.317 e. The van der Waals surface area contributed by atoms with Crippen LogP contribution in [0.3, 0.4) is 0 Å².